The summed E-state index contributed by atoms with van der Waals surface area (Å²) in [6.07, 6.45) is 0.909. The maximum absolute atomic E-state index is 12.2. The van der Waals surface area contributed by atoms with Crippen molar-refractivity contribution in [3.05, 3.63) is 35.9 Å². The monoisotopic (exact) mass is 317 g/mol. The molecule has 2 saturated heterocycles. The lowest BCUT2D eigenvalue weighted by Crippen LogP contribution is -2.58. The van der Waals surface area contributed by atoms with Crippen molar-refractivity contribution in [2.45, 2.75) is 37.9 Å². The molecule has 1 aromatic rings. The minimum Gasteiger partial charge on any atom is -0.449 e. The number of carbonyl (C=O) groups excluding carboxylic acids is 3. The molecule has 2 fully saturated rings. The Morgan fingerprint density at radius 3 is 2.78 bits per heavy atom. The van der Waals surface area contributed by atoms with Crippen molar-refractivity contribution in [2.24, 2.45) is 0 Å². The van der Waals surface area contributed by atoms with Crippen molar-refractivity contribution in [2.75, 3.05) is 13.1 Å². The lowest BCUT2D eigenvalue weighted by Gasteiger charge is -2.42. The fourth-order valence-corrected chi connectivity index (χ4v) is 3.07. The van der Waals surface area contributed by atoms with E-state index >= 15 is 0 Å². The summed E-state index contributed by atoms with van der Waals surface area (Å²) in [5.74, 6) is -0.471. The topological polar surface area (TPSA) is 72.9 Å². The Morgan fingerprint density at radius 1 is 1.22 bits per heavy atom. The highest BCUT2D eigenvalue weighted by Crippen LogP contribution is 2.32. The van der Waals surface area contributed by atoms with E-state index in [0.29, 0.717) is 19.4 Å². The normalized spacial score (nSPS) is 24.4. The van der Waals surface area contributed by atoms with Crippen LogP contribution in [0.1, 0.15) is 31.2 Å². The van der Waals surface area contributed by atoms with Crippen molar-refractivity contribution in [3.8, 4) is 0 Å². The van der Waals surface area contributed by atoms with Crippen LogP contribution in [0.25, 0.3) is 0 Å². The van der Waals surface area contributed by atoms with Crippen LogP contribution in [0.2, 0.25) is 0 Å². The van der Waals surface area contributed by atoms with E-state index < -0.39 is 11.7 Å². The Morgan fingerprint density at radius 2 is 2.00 bits per heavy atom. The number of hydrogen-bond acceptors (Lipinski definition) is 5. The molecule has 0 N–H and O–H groups in total. The van der Waals surface area contributed by atoms with E-state index in [1.807, 2.05) is 30.3 Å². The first-order chi connectivity index (χ1) is 11.1. The summed E-state index contributed by atoms with van der Waals surface area (Å²) in [4.78, 5) is 37.5. The van der Waals surface area contributed by atoms with Gasteiger partial charge in [-0.25, -0.2) is 4.79 Å². The first kappa shape index (κ1) is 15.5. The van der Waals surface area contributed by atoms with E-state index in [1.54, 1.807) is 0 Å². The Hall–Kier alpha value is -2.37. The predicted molar refractivity (Wildman–Crippen MR) is 80.5 cm³/mol. The minimum atomic E-state index is -1.17. The number of carbonyl (C=O) groups is 3. The van der Waals surface area contributed by atoms with Crippen molar-refractivity contribution >= 4 is 17.8 Å². The second-order valence-corrected chi connectivity index (χ2v) is 5.96. The molecule has 6 nitrogen and oxygen atoms in total. The molecule has 1 unspecified atom stereocenters. The van der Waals surface area contributed by atoms with Gasteiger partial charge >= 0.3 is 12.1 Å². The molecule has 122 valence electrons. The summed E-state index contributed by atoms with van der Waals surface area (Å²) in [5.41, 5.74) is -0.271. The van der Waals surface area contributed by atoms with Crippen LogP contribution in [0, 0.1) is 0 Å². The molecule has 1 atom stereocenters. The second kappa shape index (κ2) is 6.40. The largest absolute Gasteiger partial charge is 0.449 e. The average Bonchev–Trinajstić information content (AvgIpc) is 2.57. The van der Waals surface area contributed by atoms with Crippen LogP contribution in [0.5, 0.6) is 0 Å². The van der Waals surface area contributed by atoms with Crippen LogP contribution in [0.3, 0.4) is 0 Å². The number of nitrogens with zero attached hydrogens (tertiary/aromatic N) is 1. The maximum Gasteiger partial charge on any atom is 0.410 e. The first-order valence-corrected chi connectivity index (χ1v) is 7.80. The van der Waals surface area contributed by atoms with Crippen molar-refractivity contribution in [3.63, 3.8) is 0 Å². The number of esters is 1. The molecule has 6 heteroatoms. The number of Topliss-reactive ketones (excluding diaryl/α,β-unsaturated/α-hetero) is 1. The van der Waals surface area contributed by atoms with Crippen LogP contribution in [-0.4, -0.2) is 41.4 Å². The van der Waals surface area contributed by atoms with Gasteiger partial charge in [-0.1, -0.05) is 30.3 Å². The first-order valence-electron chi connectivity index (χ1n) is 7.80. The summed E-state index contributed by atoms with van der Waals surface area (Å²) < 4.78 is 10.6. The van der Waals surface area contributed by atoms with Gasteiger partial charge in [-0.3, -0.25) is 9.59 Å². The lowest BCUT2D eigenvalue weighted by atomic mass is 9.84. The Bertz CT molecular complexity index is 615. The van der Waals surface area contributed by atoms with Crippen LogP contribution in [0.15, 0.2) is 30.3 Å². The Kier molecular flexibility index (Phi) is 4.32. The van der Waals surface area contributed by atoms with Crippen molar-refractivity contribution < 1.29 is 23.9 Å². The van der Waals surface area contributed by atoms with Gasteiger partial charge in [0.1, 0.15) is 6.61 Å². The second-order valence-electron chi connectivity index (χ2n) is 5.96. The number of hydrogen-bond donors (Lipinski definition) is 0. The van der Waals surface area contributed by atoms with Gasteiger partial charge in [0.2, 0.25) is 0 Å². The van der Waals surface area contributed by atoms with Crippen molar-refractivity contribution in [1.82, 2.24) is 4.90 Å². The van der Waals surface area contributed by atoms with Gasteiger partial charge in [0.15, 0.2) is 11.4 Å². The number of amides is 1. The zero-order valence-electron chi connectivity index (χ0n) is 12.8. The Labute approximate surface area is 134 Å². The molecule has 2 heterocycles. The summed E-state index contributed by atoms with van der Waals surface area (Å²) >= 11 is 0. The van der Waals surface area contributed by atoms with Crippen LogP contribution < -0.4 is 0 Å². The van der Waals surface area contributed by atoms with Crippen LogP contribution >= 0.6 is 0 Å². The average molecular weight is 317 g/mol. The number of rotatable bonds is 2. The molecular formula is C17H19NO5. The molecule has 0 bridgehead atoms. The zero-order valence-corrected chi connectivity index (χ0v) is 12.8. The highest BCUT2D eigenvalue weighted by molar-refractivity contribution is 5.95. The number of benzene rings is 1. The third kappa shape index (κ3) is 3.36. The summed E-state index contributed by atoms with van der Waals surface area (Å²) in [7, 11) is 0. The maximum atomic E-state index is 12.2. The zero-order chi connectivity index (χ0) is 16.3. The molecule has 23 heavy (non-hydrogen) atoms. The molecule has 1 amide bonds. The molecule has 0 aliphatic carbocycles. The van der Waals surface area contributed by atoms with Gasteiger partial charge in [-0.05, 0) is 18.4 Å². The van der Waals surface area contributed by atoms with Gasteiger partial charge < -0.3 is 14.4 Å². The summed E-state index contributed by atoms with van der Waals surface area (Å²) in [6, 6.07) is 9.38. The number of ketones is 1. The minimum absolute atomic E-state index is 0.0885. The van der Waals surface area contributed by atoms with E-state index in [0.717, 1.165) is 5.56 Å². The number of piperidine rings is 1. The van der Waals surface area contributed by atoms with E-state index in [1.165, 1.54) is 4.90 Å². The fraction of sp³-hybridized carbons (Fsp3) is 0.471. The third-order valence-corrected chi connectivity index (χ3v) is 4.29. The van der Waals surface area contributed by atoms with Gasteiger partial charge in [0.05, 0.1) is 13.0 Å². The highest BCUT2D eigenvalue weighted by Gasteiger charge is 2.49. The molecule has 1 aromatic carbocycles. The van der Waals surface area contributed by atoms with E-state index in [-0.39, 0.29) is 37.7 Å². The quantitative estimate of drug-likeness (QED) is 0.781. The fourth-order valence-electron chi connectivity index (χ4n) is 3.07. The molecule has 0 radical (unpaired) electrons. The van der Waals surface area contributed by atoms with E-state index in [4.69, 9.17) is 9.47 Å². The SMILES string of the molecule is O=C1CCC(=O)C2(CCCN(C(=O)OCc3ccccc3)C2)O1. The molecule has 2 aliphatic heterocycles. The highest BCUT2D eigenvalue weighted by atomic mass is 16.6. The van der Waals surface area contributed by atoms with Crippen molar-refractivity contribution in [1.29, 1.82) is 0 Å². The van der Waals surface area contributed by atoms with Crippen LogP contribution in [0.4, 0.5) is 4.79 Å². The summed E-state index contributed by atoms with van der Waals surface area (Å²) in [6.45, 7) is 0.766. The molecule has 0 saturated carbocycles. The molecule has 2 aliphatic rings. The van der Waals surface area contributed by atoms with E-state index in [2.05, 4.69) is 0 Å². The predicted octanol–water partition coefficient (Wildman–Crippen LogP) is 2.06. The van der Waals surface area contributed by atoms with Gasteiger partial charge in [0, 0.05) is 13.0 Å². The van der Waals surface area contributed by atoms with Gasteiger partial charge in [-0.2, -0.15) is 0 Å². The lowest BCUT2D eigenvalue weighted by molar-refractivity contribution is -0.179. The molecule has 1 spiro atoms. The van der Waals surface area contributed by atoms with Gasteiger partial charge in [-0.15, -0.1) is 0 Å². The third-order valence-electron chi connectivity index (χ3n) is 4.29. The molecule has 0 aromatic heterocycles. The molecular weight excluding hydrogens is 298 g/mol. The summed E-state index contributed by atoms with van der Waals surface area (Å²) in [5, 5.41) is 0. The number of ether oxygens (including phenoxy) is 2. The standard InChI is InChI=1S/C17H19NO5/c19-14-7-8-15(20)23-17(14)9-4-10-18(12-17)16(21)22-11-13-5-2-1-3-6-13/h1-3,5-6H,4,7-12H2. The number of likely N-dealkylation sites (tertiary alicyclic amines) is 1. The molecule has 3 rings (SSSR count). The van der Waals surface area contributed by atoms with Crippen LogP contribution in [-0.2, 0) is 25.7 Å². The van der Waals surface area contributed by atoms with E-state index in [9.17, 15) is 14.4 Å². The smallest absolute Gasteiger partial charge is 0.410 e. The van der Waals surface area contributed by atoms with Gasteiger partial charge in [0.25, 0.3) is 0 Å². The Balaban J connectivity index is 1.62.